The lowest BCUT2D eigenvalue weighted by molar-refractivity contribution is -0.116. The van der Waals surface area contributed by atoms with Gasteiger partial charge >= 0.3 is 0 Å². The third-order valence-electron chi connectivity index (χ3n) is 3.22. The van der Waals surface area contributed by atoms with Crippen molar-refractivity contribution in [3.63, 3.8) is 0 Å². The van der Waals surface area contributed by atoms with E-state index in [9.17, 15) is 4.79 Å². The Hall–Kier alpha value is -1.73. The van der Waals surface area contributed by atoms with Crippen molar-refractivity contribution in [2.24, 2.45) is 21.6 Å². The number of thioether (sulfide) groups is 1. The Morgan fingerprint density at radius 2 is 2.20 bits per heavy atom. The molecule has 1 amide bonds. The number of hydrogen-bond acceptors (Lipinski definition) is 6. The van der Waals surface area contributed by atoms with E-state index in [1.165, 1.54) is 11.8 Å². The lowest BCUT2D eigenvalue weighted by Gasteiger charge is -2.19. The summed E-state index contributed by atoms with van der Waals surface area (Å²) >= 11 is 1.42. The molecule has 3 heterocycles. The van der Waals surface area contributed by atoms with Gasteiger partial charge in [0.05, 0.1) is 18.0 Å². The maximum atomic E-state index is 12.1. The molecule has 1 unspecified atom stereocenters. The number of carbonyl (C=O) groups is 1. The number of allylic oxidation sites excluding steroid dienone is 1. The Balaban J connectivity index is 1.92. The Morgan fingerprint density at radius 3 is 2.85 bits per heavy atom. The van der Waals surface area contributed by atoms with Crippen molar-refractivity contribution in [3.8, 4) is 0 Å². The maximum Gasteiger partial charge on any atom is 0.267 e. The van der Waals surface area contributed by atoms with Crippen LogP contribution in [0.1, 0.15) is 19.4 Å². The predicted octanol–water partition coefficient (Wildman–Crippen LogP) is 1.49. The van der Waals surface area contributed by atoms with Crippen LogP contribution in [-0.2, 0) is 4.79 Å². The molecule has 3 rings (SSSR count). The van der Waals surface area contributed by atoms with Gasteiger partial charge in [-0.05, 0) is 12.0 Å². The Bertz CT molecular complexity index is 631. The number of amides is 1. The fourth-order valence-corrected chi connectivity index (χ4v) is 3.03. The molecular formula is C13H14N4O2S. The highest BCUT2D eigenvalue weighted by molar-refractivity contribution is 8.10. The number of hydrogen-bond donors (Lipinski definition) is 1. The summed E-state index contributed by atoms with van der Waals surface area (Å²) < 4.78 is 4.82. The van der Waals surface area contributed by atoms with E-state index in [0.29, 0.717) is 11.5 Å². The summed E-state index contributed by atoms with van der Waals surface area (Å²) in [6, 6.07) is -0.328. The molecule has 7 heteroatoms. The van der Waals surface area contributed by atoms with Gasteiger partial charge < -0.3 is 10.3 Å². The summed E-state index contributed by atoms with van der Waals surface area (Å²) in [6.45, 7) is 3.96. The summed E-state index contributed by atoms with van der Waals surface area (Å²) in [4.78, 5) is 21.5. The summed E-state index contributed by atoms with van der Waals surface area (Å²) in [5.74, 6) is 0.395. The topological polar surface area (TPSA) is 93.8 Å². The van der Waals surface area contributed by atoms with Crippen LogP contribution in [0.3, 0.4) is 0 Å². The fraction of sp³-hybridized carbons (Fsp3) is 0.385. The van der Waals surface area contributed by atoms with E-state index in [2.05, 4.69) is 15.1 Å². The molecule has 0 fully saturated rings. The minimum absolute atomic E-state index is 0.179. The molecule has 6 nitrogen and oxygen atoms in total. The fourth-order valence-electron chi connectivity index (χ4n) is 1.95. The van der Waals surface area contributed by atoms with E-state index in [1.54, 1.807) is 12.5 Å². The van der Waals surface area contributed by atoms with Crippen molar-refractivity contribution in [1.29, 1.82) is 0 Å². The highest BCUT2D eigenvalue weighted by atomic mass is 32.2. The van der Waals surface area contributed by atoms with Crippen molar-refractivity contribution in [2.75, 3.05) is 0 Å². The lowest BCUT2D eigenvalue weighted by Crippen LogP contribution is -2.39. The molecule has 0 radical (unpaired) electrons. The summed E-state index contributed by atoms with van der Waals surface area (Å²) in [5, 5.41) is 3.29. The summed E-state index contributed by atoms with van der Waals surface area (Å²) in [5.41, 5.74) is 7.57. The highest BCUT2D eigenvalue weighted by Crippen LogP contribution is 2.39. The van der Waals surface area contributed by atoms with Crippen LogP contribution < -0.4 is 5.73 Å². The third kappa shape index (κ3) is 2.23. The van der Waals surface area contributed by atoms with Crippen LogP contribution in [0.4, 0.5) is 0 Å². The van der Waals surface area contributed by atoms with Gasteiger partial charge in [-0.15, -0.1) is 11.8 Å². The molecule has 2 aliphatic rings. The largest absolute Gasteiger partial charge is 0.364 e. The van der Waals surface area contributed by atoms with Gasteiger partial charge in [0.1, 0.15) is 17.3 Å². The number of carbonyl (C=O) groups excluding carboxylic acids is 1. The van der Waals surface area contributed by atoms with Gasteiger partial charge in [-0.1, -0.05) is 19.0 Å². The van der Waals surface area contributed by atoms with Crippen molar-refractivity contribution in [3.05, 3.63) is 24.1 Å². The highest BCUT2D eigenvalue weighted by Gasteiger charge is 2.36. The molecule has 0 spiro atoms. The smallest absolute Gasteiger partial charge is 0.267 e. The van der Waals surface area contributed by atoms with E-state index < -0.39 is 0 Å². The van der Waals surface area contributed by atoms with Gasteiger partial charge in [0, 0.05) is 10.5 Å². The maximum absolute atomic E-state index is 12.1. The minimum atomic E-state index is -0.372. The van der Waals surface area contributed by atoms with Gasteiger partial charge in [0.25, 0.3) is 5.91 Å². The molecule has 104 valence electrons. The second kappa shape index (κ2) is 4.99. The quantitative estimate of drug-likeness (QED) is 0.910. The molecule has 0 bridgehead atoms. The van der Waals surface area contributed by atoms with E-state index >= 15 is 0 Å². The molecule has 2 N–H and O–H groups in total. The standard InChI is InChI=1S/C13H14N4O2S/c1-6(2)10(14)12-16-8-3-9(7-4-15-19-5-7)20-11(8)13(18)17-12/h3-6,10-11H,14H2,1-2H3/t10-,11?/m0/s1. The second-order valence-corrected chi connectivity index (χ2v) is 6.18. The Morgan fingerprint density at radius 1 is 1.40 bits per heavy atom. The monoisotopic (exact) mass is 290 g/mol. The van der Waals surface area contributed by atoms with Crippen LogP contribution in [0.2, 0.25) is 0 Å². The van der Waals surface area contributed by atoms with E-state index in [4.69, 9.17) is 10.3 Å². The van der Waals surface area contributed by atoms with Crippen molar-refractivity contribution in [1.82, 2.24) is 5.16 Å². The van der Waals surface area contributed by atoms with Gasteiger partial charge in [-0.25, -0.2) is 4.99 Å². The first-order valence-corrected chi connectivity index (χ1v) is 7.19. The van der Waals surface area contributed by atoms with Crippen LogP contribution in [0.5, 0.6) is 0 Å². The molecule has 0 aromatic carbocycles. The van der Waals surface area contributed by atoms with Gasteiger partial charge in [-0.3, -0.25) is 4.79 Å². The number of nitrogens with zero attached hydrogens (tertiary/aromatic N) is 3. The van der Waals surface area contributed by atoms with Gasteiger partial charge in [0.15, 0.2) is 0 Å². The molecule has 1 aromatic heterocycles. The summed E-state index contributed by atoms with van der Waals surface area (Å²) in [6.07, 6.45) is 5.03. The van der Waals surface area contributed by atoms with Crippen LogP contribution in [0, 0.1) is 5.92 Å². The van der Waals surface area contributed by atoms with Crippen molar-refractivity contribution in [2.45, 2.75) is 25.1 Å². The first-order valence-electron chi connectivity index (χ1n) is 6.31. The zero-order valence-corrected chi connectivity index (χ0v) is 11.9. The van der Waals surface area contributed by atoms with Crippen LogP contribution in [0.15, 0.2) is 33.0 Å². The van der Waals surface area contributed by atoms with E-state index in [1.807, 2.05) is 19.9 Å². The molecule has 0 saturated carbocycles. The van der Waals surface area contributed by atoms with Gasteiger partial charge in [0.2, 0.25) is 0 Å². The SMILES string of the molecule is CC(C)[C@H](N)C1=NC(=O)C2SC(c3cnoc3)=CC2=N1. The average Bonchev–Trinajstić information content (AvgIpc) is 3.05. The number of fused-ring (bicyclic) bond motifs is 1. The van der Waals surface area contributed by atoms with Crippen LogP contribution in [0.25, 0.3) is 4.91 Å². The van der Waals surface area contributed by atoms with Crippen LogP contribution in [-0.4, -0.2) is 33.9 Å². The van der Waals surface area contributed by atoms with Crippen LogP contribution >= 0.6 is 11.8 Å². The molecular weight excluding hydrogens is 276 g/mol. The first-order chi connectivity index (χ1) is 9.56. The molecule has 0 aliphatic carbocycles. The van der Waals surface area contributed by atoms with Gasteiger partial charge in [-0.2, -0.15) is 4.99 Å². The Labute approximate surface area is 120 Å². The zero-order valence-electron chi connectivity index (χ0n) is 11.1. The second-order valence-electron chi connectivity index (χ2n) is 5.03. The number of amidine groups is 1. The minimum Gasteiger partial charge on any atom is -0.364 e. The lowest BCUT2D eigenvalue weighted by atomic mass is 10.0. The number of aromatic nitrogens is 1. The molecule has 0 saturated heterocycles. The Kier molecular flexibility index (Phi) is 3.31. The number of aliphatic imine (C=N–C) groups is 2. The first kappa shape index (κ1) is 13.3. The number of nitrogens with two attached hydrogens (primary N) is 1. The summed E-state index contributed by atoms with van der Waals surface area (Å²) in [7, 11) is 0. The molecule has 2 atom stereocenters. The average molecular weight is 290 g/mol. The van der Waals surface area contributed by atoms with Crippen molar-refractivity contribution >= 4 is 34.1 Å². The molecule has 1 aromatic rings. The zero-order chi connectivity index (χ0) is 14.3. The predicted molar refractivity (Wildman–Crippen MR) is 78.5 cm³/mol. The molecule has 2 aliphatic heterocycles. The van der Waals surface area contributed by atoms with Crippen molar-refractivity contribution < 1.29 is 9.32 Å². The van der Waals surface area contributed by atoms with E-state index in [-0.39, 0.29) is 23.1 Å². The third-order valence-corrected chi connectivity index (χ3v) is 4.50. The molecule has 20 heavy (non-hydrogen) atoms. The normalized spacial score (nSPS) is 23.3. The number of rotatable bonds is 3. The van der Waals surface area contributed by atoms with E-state index in [0.717, 1.165) is 10.5 Å².